The van der Waals surface area contributed by atoms with E-state index in [2.05, 4.69) is 87.2 Å². The number of hydrogen-bond acceptors (Lipinski definition) is 4. The van der Waals surface area contributed by atoms with Crippen molar-refractivity contribution in [3.05, 3.63) is 114 Å². The van der Waals surface area contributed by atoms with Crippen LogP contribution in [0, 0.1) is 23.7 Å². The fraction of sp³-hybridized carbons (Fsp3) is 0.500. The Hall–Kier alpha value is -4.28. The minimum absolute atomic E-state index is 0.00462. The topological polar surface area (TPSA) is 40.6 Å². The van der Waals surface area contributed by atoms with Crippen molar-refractivity contribution < 1.29 is 0 Å². The Morgan fingerprint density at radius 3 is 1.13 bits per heavy atom. The molecule has 3 rings (SSSR count). The molecule has 0 bridgehead atoms. The lowest BCUT2D eigenvalue weighted by Crippen LogP contribution is -2.26. The average molecular weight is 701 g/mol. The number of anilines is 2. The Balaban J connectivity index is 2.10. The van der Waals surface area contributed by atoms with Crippen molar-refractivity contribution in [2.24, 2.45) is 0 Å². The Morgan fingerprint density at radius 2 is 0.769 bits per heavy atom. The monoisotopic (exact) mass is 700 g/mol. The van der Waals surface area contributed by atoms with E-state index in [0.717, 1.165) is 61.3 Å². The zero-order chi connectivity index (χ0) is 37.6. The van der Waals surface area contributed by atoms with Crippen LogP contribution in [0.3, 0.4) is 0 Å². The fourth-order valence-corrected chi connectivity index (χ4v) is 6.76. The molecule has 4 nitrogen and oxygen atoms in total. The van der Waals surface area contributed by atoms with E-state index in [1.807, 2.05) is 36.4 Å². The molecule has 0 saturated carbocycles. The van der Waals surface area contributed by atoms with E-state index < -0.39 is 0 Å². The SMILES string of the molecule is CCCCCCCCc1cc(C#Cc2ccc(N(CC)CC)c(=O)cc2)c(C#Cc2ccc(N(CC)CC)c(=O)cc2)cc1CCCCCCCC. The fourth-order valence-electron chi connectivity index (χ4n) is 6.76. The number of hydrogen-bond donors (Lipinski definition) is 0. The molecule has 3 aromatic rings. The van der Waals surface area contributed by atoms with Gasteiger partial charge in [0.2, 0.25) is 10.9 Å². The molecule has 0 unspecified atom stereocenters. The van der Waals surface area contributed by atoms with Gasteiger partial charge in [0, 0.05) is 48.4 Å². The molecule has 0 aliphatic heterocycles. The molecule has 0 saturated heterocycles. The normalized spacial score (nSPS) is 10.6. The first-order valence-electron chi connectivity index (χ1n) is 20.4. The third-order valence-electron chi connectivity index (χ3n) is 10.0. The summed E-state index contributed by atoms with van der Waals surface area (Å²) in [5.41, 5.74) is 7.59. The Labute approximate surface area is 316 Å². The van der Waals surface area contributed by atoms with Gasteiger partial charge in [0.15, 0.2) is 0 Å². The van der Waals surface area contributed by atoms with E-state index >= 15 is 0 Å². The van der Waals surface area contributed by atoms with Crippen LogP contribution in [0.25, 0.3) is 0 Å². The summed E-state index contributed by atoms with van der Waals surface area (Å²) in [5.74, 6) is 13.7. The van der Waals surface area contributed by atoms with Crippen LogP contribution in [0.5, 0.6) is 0 Å². The van der Waals surface area contributed by atoms with Gasteiger partial charge >= 0.3 is 0 Å². The Kier molecular flexibility index (Phi) is 19.5. The van der Waals surface area contributed by atoms with Crippen molar-refractivity contribution in [1.29, 1.82) is 0 Å². The molecule has 0 N–H and O–H groups in total. The van der Waals surface area contributed by atoms with Crippen LogP contribution in [-0.2, 0) is 12.8 Å². The second kappa shape index (κ2) is 24.1. The molecular weight excluding hydrogens is 637 g/mol. The number of unbranched alkanes of at least 4 members (excludes halogenated alkanes) is 10. The third kappa shape index (κ3) is 13.7. The standard InChI is InChI=1S/C48H64N2O2/c1-7-13-15-17-19-21-23-41-37-43(31-25-39-27-33-45(47(51)35-29-39)49(9-3)10-4)44(38-42(41)24-22-20-18-16-14-8-2)32-26-40-28-34-46(48(52)36-30-40)50(11-5)12-6/h27-30,33-38H,7-24H2,1-6H3. The summed E-state index contributed by atoms with van der Waals surface area (Å²) in [6, 6.07) is 19.2. The van der Waals surface area contributed by atoms with Crippen molar-refractivity contribution in [3.8, 4) is 23.7 Å². The number of benzene rings is 1. The molecular formula is C48H64N2O2. The van der Waals surface area contributed by atoms with Gasteiger partial charge in [0.25, 0.3) is 0 Å². The van der Waals surface area contributed by atoms with Gasteiger partial charge in [-0.25, -0.2) is 0 Å². The smallest absolute Gasteiger partial charge is 0.201 e. The lowest BCUT2D eigenvalue weighted by Gasteiger charge is -2.18. The maximum absolute atomic E-state index is 12.9. The van der Waals surface area contributed by atoms with Crippen LogP contribution in [-0.4, -0.2) is 26.2 Å². The summed E-state index contributed by atoms with van der Waals surface area (Å²) in [6.07, 6.45) is 17.3. The van der Waals surface area contributed by atoms with E-state index in [4.69, 9.17) is 0 Å². The Morgan fingerprint density at radius 1 is 0.423 bits per heavy atom. The van der Waals surface area contributed by atoms with Crippen LogP contribution in [0.4, 0.5) is 11.4 Å². The van der Waals surface area contributed by atoms with Gasteiger partial charge in [0.05, 0.1) is 11.4 Å². The van der Waals surface area contributed by atoms with Crippen LogP contribution < -0.4 is 20.7 Å². The second-order valence-electron chi connectivity index (χ2n) is 13.8. The van der Waals surface area contributed by atoms with Crippen molar-refractivity contribution >= 4 is 11.4 Å². The van der Waals surface area contributed by atoms with E-state index in [0.29, 0.717) is 11.4 Å². The third-order valence-corrected chi connectivity index (χ3v) is 10.0. The van der Waals surface area contributed by atoms with Gasteiger partial charge in [-0.3, -0.25) is 9.59 Å². The summed E-state index contributed by atoms with van der Waals surface area (Å²) in [6.45, 7) is 15.9. The first-order valence-corrected chi connectivity index (χ1v) is 20.4. The predicted octanol–water partition coefficient (Wildman–Crippen LogP) is 10.7. The van der Waals surface area contributed by atoms with Crippen LogP contribution in [0.1, 0.15) is 152 Å². The average Bonchev–Trinajstić information content (AvgIpc) is 3.46. The zero-order valence-electron chi connectivity index (χ0n) is 33.2. The summed E-state index contributed by atoms with van der Waals surface area (Å²) < 4.78 is 0. The van der Waals surface area contributed by atoms with Gasteiger partial charge in [-0.1, -0.05) is 102 Å². The first kappa shape index (κ1) is 42.1. The van der Waals surface area contributed by atoms with Crippen molar-refractivity contribution in [1.82, 2.24) is 0 Å². The molecule has 0 aliphatic rings. The molecule has 3 aromatic carbocycles. The maximum Gasteiger partial charge on any atom is 0.201 e. The van der Waals surface area contributed by atoms with Gasteiger partial charge in [0.1, 0.15) is 0 Å². The van der Waals surface area contributed by atoms with Crippen molar-refractivity contribution in [2.75, 3.05) is 36.0 Å². The number of nitrogens with zero attached hydrogens (tertiary/aromatic N) is 2. The lowest BCUT2D eigenvalue weighted by molar-refractivity contribution is 0.599. The zero-order valence-corrected chi connectivity index (χ0v) is 33.2. The lowest BCUT2D eigenvalue weighted by atomic mass is 9.91. The van der Waals surface area contributed by atoms with Gasteiger partial charge in [-0.2, -0.15) is 0 Å². The van der Waals surface area contributed by atoms with Crippen molar-refractivity contribution in [2.45, 2.75) is 131 Å². The van der Waals surface area contributed by atoms with Crippen molar-refractivity contribution in [3.63, 3.8) is 0 Å². The van der Waals surface area contributed by atoms with E-state index in [1.54, 1.807) is 12.1 Å². The molecule has 0 aliphatic carbocycles. The molecule has 0 amide bonds. The summed E-state index contributed by atoms with van der Waals surface area (Å²) in [5, 5.41) is 0. The molecule has 0 atom stereocenters. The number of rotatable bonds is 20. The van der Waals surface area contributed by atoms with Crippen LogP contribution in [0.15, 0.2) is 70.3 Å². The summed E-state index contributed by atoms with van der Waals surface area (Å²) in [4.78, 5) is 30.0. The van der Waals surface area contributed by atoms with Gasteiger partial charge < -0.3 is 9.80 Å². The molecule has 52 heavy (non-hydrogen) atoms. The van der Waals surface area contributed by atoms with Crippen LogP contribution in [0.2, 0.25) is 0 Å². The highest BCUT2D eigenvalue weighted by molar-refractivity contribution is 5.58. The second-order valence-corrected chi connectivity index (χ2v) is 13.8. The van der Waals surface area contributed by atoms with E-state index in [9.17, 15) is 9.59 Å². The predicted molar refractivity (Wildman–Crippen MR) is 225 cm³/mol. The van der Waals surface area contributed by atoms with E-state index in [-0.39, 0.29) is 10.9 Å². The van der Waals surface area contributed by atoms with E-state index in [1.165, 1.54) is 88.2 Å². The molecule has 0 spiro atoms. The summed E-state index contributed by atoms with van der Waals surface area (Å²) in [7, 11) is 0. The molecule has 0 heterocycles. The largest absolute Gasteiger partial charge is 0.369 e. The Bertz CT molecular complexity index is 1650. The van der Waals surface area contributed by atoms with Crippen LogP contribution >= 0.6 is 0 Å². The highest BCUT2D eigenvalue weighted by Crippen LogP contribution is 2.23. The van der Waals surface area contributed by atoms with Gasteiger partial charge in [-0.05, 0) is 125 Å². The minimum Gasteiger partial charge on any atom is -0.369 e. The maximum atomic E-state index is 12.9. The number of aryl methyl sites for hydroxylation is 2. The first-order chi connectivity index (χ1) is 25.4. The van der Waals surface area contributed by atoms with Gasteiger partial charge in [-0.15, -0.1) is 0 Å². The molecule has 278 valence electrons. The molecule has 0 fully saturated rings. The quantitative estimate of drug-likeness (QED) is 0.0869. The minimum atomic E-state index is 0.00462. The highest BCUT2D eigenvalue weighted by Gasteiger charge is 2.10. The highest BCUT2D eigenvalue weighted by atomic mass is 16.1. The molecule has 4 heteroatoms. The molecule has 0 aromatic heterocycles. The summed E-state index contributed by atoms with van der Waals surface area (Å²) >= 11 is 0. The molecule has 0 radical (unpaired) electrons.